The van der Waals surface area contributed by atoms with E-state index in [1.807, 2.05) is 13.8 Å². The Kier molecular flexibility index (Phi) is 6.47. The first-order chi connectivity index (χ1) is 15.8. The van der Waals surface area contributed by atoms with Crippen molar-refractivity contribution in [2.24, 2.45) is 0 Å². The van der Waals surface area contributed by atoms with Crippen LogP contribution in [0.4, 0.5) is 10.1 Å². The number of hydrogen-bond donors (Lipinski definition) is 1. The molecule has 2 amide bonds. The Hall–Kier alpha value is -3.64. The molecule has 0 saturated carbocycles. The Morgan fingerprint density at radius 1 is 0.909 bits per heavy atom. The maximum absolute atomic E-state index is 13.3. The van der Waals surface area contributed by atoms with Crippen LogP contribution >= 0.6 is 11.6 Å². The van der Waals surface area contributed by atoms with Crippen LogP contribution in [0.3, 0.4) is 0 Å². The minimum Gasteiger partial charge on any atom is -0.491 e. The Morgan fingerprint density at radius 2 is 1.55 bits per heavy atom. The largest absolute Gasteiger partial charge is 0.491 e. The molecular weight excluding hydrogens is 443 g/mol. The summed E-state index contributed by atoms with van der Waals surface area (Å²) in [6.07, 6.45) is 0.0390. The monoisotopic (exact) mass is 464 g/mol. The molecule has 5 nitrogen and oxygen atoms in total. The molecule has 0 atom stereocenters. The first-order valence-corrected chi connectivity index (χ1v) is 10.8. The number of benzene rings is 3. The van der Waals surface area contributed by atoms with Crippen LogP contribution in [0, 0.1) is 5.82 Å². The Balaban J connectivity index is 1.67. The number of carbonyl (C=O) groups is 2. The summed E-state index contributed by atoms with van der Waals surface area (Å²) in [7, 11) is 0. The Labute approximate surface area is 196 Å². The van der Waals surface area contributed by atoms with E-state index in [0.29, 0.717) is 27.6 Å². The number of carbonyl (C=O) groups excluding carboxylic acids is 2. The fraction of sp³-hybridized carbons (Fsp3) is 0.154. The lowest BCUT2D eigenvalue weighted by Crippen LogP contribution is -2.32. The molecule has 0 fully saturated rings. The lowest BCUT2D eigenvalue weighted by Gasteiger charge is -2.15. The van der Waals surface area contributed by atoms with Gasteiger partial charge in [-0.05, 0) is 73.5 Å². The molecule has 3 aromatic carbocycles. The molecular formula is C26H22ClFN2O3. The van der Waals surface area contributed by atoms with Crippen molar-refractivity contribution in [2.75, 3.05) is 5.32 Å². The number of amides is 2. The van der Waals surface area contributed by atoms with Gasteiger partial charge in [0.25, 0.3) is 11.8 Å². The maximum Gasteiger partial charge on any atom is 0.278 e. The molecule has 7 heteroatoms. The van der Waals surface area contributed by atoms with E-state index in [2.05, 4.69) is 5.32 Å². The van der Waals surface area contributed by atoms with Gasteiger partial charge in [0.2, 0.25) is 0 Å². The third-order valence-electron chi connectivity index (χ3n) is 5.05. The average Bonchev–Trinajstić information content (AvgIpc) is 3.01. The number of halogens is 2. The van der Waals surface area contributed by atoms with Crippen LogP contribution < -0.4 is 10.1 Å². The number of rotatable bonds is 7. The molecule has 0 bridgehead atoms. The molecule has 0 radical (unpaired) electrons. The number of nitrogens with one attached hydrogen (secondary N) is 1. The third kappa shape index (κ3) is 5.07. The zero-order chi connectivity index (χ0) is 23.5. The number of nitrogens with zero attached hydrogens (tertiary/aromatic N) is 1. The second kappa shape index (κ2) is 9.46. The van der Waals surface area contributed by atoms with Gasteiger partial charge < -0.3 is 10.1 Å². The van der Waals surface area contributed by atoms with Crippen molar-refractivity contribution >= 4 is 34.7 Å². The van der Waals surface area contributed by atoms with Gasteiger partial charge in [0.15, 0.2) is 0 Å². The van der Waals surface area contributed by atoms with E-state index < -0.39 is 11.8 Å². The number of hydrogen-bond acceptors (Lipinski definition) is 4. The van der Waals surface area contributed by atoms with Crippen molar-refractivity contribution in [3.8, 4) is 5.75 Å². The van der Waals surface area contributed by atoms with E-state index in [9.17, 15) is 14.0 Å². The van der Waals surface area contributed by atoms with Crippen molar-refractivity contribution in [1.82, 2.24) is 4.90 Å². The summed E-state index contributed by atoms with van der Waals surface area (Å²) in [5.41, 5.74) is 2.27. The molecule has 0 aliphatic carbocycles. The van der Waals surface area contributed by atoms with Gasteiger partial charge in [0.1, 0.15) is 17.3 Å². The SMILES string of the molecule is CC(C)Oc1ccc(NC2=C(c3ccc(Cl)cc3)C(=O)N(Cc3ccc(F)cc3)C2=O)cc1. The summed E-state index contributed by atoms with van der Waals surface area (Å²) >= 11 is 6.01. The molecule has 1 aliphatic heterocycles. The van der Waals surface area contributed by atoms with Gasteiger partial charge in [-0.1, -0.05) is 35.9 Å². The maximum atomic E-state index is 13.3. The highest BCUT2D eigenvalue weighted by molar-refractivity contribution is 6.36. The molecule has 0 spiro atoms. The van der Waals surface area contributed by atoms with E-state index in [-0.39, 0.29) is 29.7 Å². The summed E-state index contributed by atoms with van der Waals surface area (Å²) in [6, 6.07) is 19.6. The highest BCUT2D eigenvalue weighted by atomic mass is 35.5. The first kappa shape index (κ1) is 22.6. The van der Waals surface area contributed by atoms with Crippen LogP contribution in [0.25, 0.3) is 5.57 Å². The van der Waals surface area contributed by atoms with Crippen molar-refractivity contribution in [3.63, 3.8) is 0 Å². The van der Waals surface area contributed by atoms with Crippen molar-refractivity contribution in [2.45, 2.75) is 26.5 Å². The predicted molar refractivity (Wildman–Crippen MR) is 126 cm³/mol. The smallest absolute Gasteiger partial charge is 0.278 e. The lowest BCUT2D eigenvalue weighted by molar-refractivity contribution is -0.137. The summed E-state index contributed by atoms with van der Waals surface area (Å²) in [4.78, 5) is 27.8. The van der Waals surface area contributed by atoms with Gasteiger partial charge in [-0.3, -0.25) is 14.5 Å². The lowest BCUT2D eigenvalue weighted by atomic mass is 10.0. The molecule has 1 N–H and O–H groups in total. The highest BCUT2D eigenvalue weighted by Crippen LogP contribution is 2.32. The normalized spacial score (nSPS) is 13.8. The van der Waals surface area contributed by atoms with Crippen molar-refractivity contribution in [3.05, 3.63) is 100 Å². The number of imide groups is 1. The van der Waals surface area contributed by atoms with E-state index >= 15 is 0 Å². The summed E-state index contributed by atoms with van der Waals surface area (Å²) in [5.74, 6) is -0.579. The van der Waals surface area contributed by atoms with E-state index in [1.165, 1.54) is 12.1 Å². The molecule has 0 unspecified atom stereocenters. The standard InChI is InChI=1S/C26H22ClFN2O3/c1-16(2)33-22-13-11-21(12-14-22)29-24-23(18-5-7-19(27)8-6-18)25(31)30(26(24)32)15-17-3-9-20(28)10-4-17/h3-14,16,29H,15H2,1-2H3. The summed E-state index contributed by atoms with van der Waals surface area (Å²) < 4.78 is 18.9. The Bertz CT molecular complexity index is 1200. The first-order valence-electron chi connectivity index (χ1n) is 10.5. The number of ether oxygens (including phenoxy) is 1. The van der Waals surface area contributed by atoms with Gasteiger partial charge in [-0.15, -0.1) is 0 Å². The van der Waals surface area contributed by atoms with Crippen LogP contribution in [-0.4, -0.2) is 22.8 Å². The topological polar surface area (TPSA) is 58.6 Å². The molecule has 0 saturated heterocycles. The highest BCUT2D eigenvalue weighted by Gasteiger charge is 2.39. The van der Waals surface area contributed by atoms with Gasteiger partial charge in [0.05, 0.1) is 18.2 Å². The molecule has 4 rings (SSSR count). The van der Waals surface area contributed by atoms with Crippen LogP contribution in [0.5, 0.6) is 5.75 Å². The van der Waals surface area contributed by atoms with E-state index in [0.717, 1.165) is 4.90 Å². The molecule has 0 aromatic heterocycles. The van der Waals surface area contributed by atoms with E-state index in [1.54, 1.807) is 60.7 Å². The summed E-state index contributed by atoms with van der Waals surface area (Å²) in [5, 5.41) is 3.63. The van der Waals surface area contributed by atoms with Crippen LogP contribution in [-0.2, 0) is 16.1 Å². The van der Waals surface area contributed by atoms with Crippen LogP contribution in [0.2, 0.25) is 5.02 Å². The van der Waals surface area contributed by atoms with E-state index in [4.69, 9.17) is 16.3 Å². The van der Waals surface area contributed by atoms with Crippen molar-refractivity contribution < 1.29 is 18.7 Å². The van der Waals surface area contributed by atoms with Gasteiger partial charge >= 0.3 is 0 Å². The molecule has 3 aromatic rings. The number of anilines is 1. The zero-order valence-electron chi connectivity index (χ0n) is 18.1. The fourth-order valence-corrected chi connectivity index (χ4v) is 3.65. The fourth-order valence-electron chi connectivity index (χ4n) is 3.53. The van der Waals surface area contributed by atoms with Crippen LogP contribution in [0.15, 0.2) is 78.5 Å². The molecule has 1 heterocycles. The molecule has 33 heavy (non-hydrogen) atoms. The second-order valence-corrected chi connectivity index (χ2v) is 8.33. The summed E-state index contributed by atoms with van der Waals surface area (Å²) in [6.45, 7) is 3.91. The third-order valence-corrected chi connectivity index (χ3v) is 5.30. The second-order valence-electron chi connectivity index (χ2n) is 7.90. The predicted octanol–water partition coefficient (Wildman–Crippen LogP) is 5.66. The van der Waals surface area contributed by atoms with Gasteiger partial charge in [-0.25, -0.2) is 4.39 Å². The average molecular weight is 465 g/mol. The Morgan fingerprint density at radius 3 is 2.15 bits per heavy atom. The minimum atomic E-state index is -0.461. The quantitative estimate of drug-likeness (QED) is 0.458. The minimum absolute atomic E-state index is 0.0291. The molecule has 1 aliphatic rings. The van der Waals surface area contributed by atoms with Crippen molar-refractivity contribution in [1.29, 1.82) is 0 Å². The molecule has 168 valence electrons. The zero-order valence-corrected chi connectivity index (χ0v) is 18.9. The van der Waals surface area contributed by atoms with Gasteiger partial charge in [-0.2, -0.15) is 0 Å². The van der Waals surface area contributed by atoms with Gasteiger partial charge in [0, 0.05) is 10.7 Å². The van der Waals surface area contributed by atoms with Crippen LogP contribution in [0.1, 0.15) is 25.0 Å².